The molecule has 0 radical (unpaired) electrons. The molecule has 1 aliphatic rings. The van der Waals surface area contributed by atoms with Crippen LogP contribution in [0, 0.1) is 30.3 Å². The van der Waals surface area contributed by atoms with Gasteiger partial charge in [0.2, 0.25) is 0 Å². The molecule has 148 valence electrons. The van der Waals surface area contributed by atoms with E-state index in [0.29, 0.717) is 4.90 Å². The van der Waals surface area contributed by atoms with Crippen molar-refractivity contribution in [3.05, 3.63) is 90.0 Å². The lowest BCUT2D eigenvalue weighted by molar-refractivity contribution is -0.385. The topological polar surface area (TPSA) is 167 Å². The minimum absolute atomic E-state index is 0.00782. The monoisotopic (exact) mass is 408 g/mol. The van der Waals surface area contributed by atoms with E-state index < -0.39 is 38.0 Å². The molecule has 3 aromatic carbocycles. The number of amides is 2. The first kappa shape index (κ1) is 18.6. The second-order valence-electron chi connectivity index (χ2n) is 6.32. The Balaban J connectivity index is 1.99. The maximum atomic E-state index is 13.0. The van der Waals surface area contributed by atoms with E-state index in [4.69, 9.17) is 0 Å². The molecule has 0 aromatic heterocycles. The number of hydrogen-bond donors (Lipinski definition) is 0. The Morgan fingerprint density at radius 2 is 1.07 bits per heavy atom. The summed E-state index contributed by atoms with van der Waals surface area (Å²) in [7, 11) is 0. The van der Waals surface area contributed by atoms with E-state index in [1.807, 2.05) is 0 Å². The molecule has 0 aliphatic carbocycles. The number of nitro groups is 3. The van der Waals surface area contributed by atoms with Crippen LogP contribution in [0.2, 0.25) is 0 Å². The van der Waals surface area contributed by atoms with Crippen LogP contribution in [-0.2, 0) is 0 Å². The van der Waals surface area contributed by atoms with Crippen LogP contribution in [0.1, 0.15) is 20.7 Å². The number of imide groups is 1. The van der Waals surface area contributed by atoms with Gasteiger partial charge in [0.1, 0.15) is 0 Å². The molecule has 12 nitrogen and oxygen atoms in total. The highest BCUT2D eigenvalue weighted by molar-refractivity contribution is 6.36. The average molecular weight is 408 g/mol. The second kappa shape index (κ2) is 6.41. The van der Waals surface area contributed by atoms with Gasteiger partial charge in [-0.3, -0.25) is 39.9 Å². The first-order valence-corrected chi connectivity index (χ1v) is 8.23. The van der Waals surface area contributed by atoms with Gasteiger partial charge in [0.15, 0.2) is 0 Å². The molecule has 30 heavy (non-hydrogen) atoms. The molecule has 0 bridgehead atoms. The van der Waals surface area contributed by atoms with E-state index in [2.05, 4.69) is 0 Å². The van der Waals surface area contributed by atoms with Gasteiger partial charge in [-0.25, -0.2) is 4.90 Å². The number of carbonyl (C=O) groups excluding carboxylic acids is 2. The van der Waals surface area contributed by atoms with Crippen LogP contribution in [-0.4, -0.2) is 26.6 Å². The summed E-state index contributed by atoms with van der Waals surface area (Å²) in [5.74, 6) is -1.77. The zero-order valence-corrected chi connectivity index (χ0v) is 14.7. The Morgan fingerprint density at radius 1 is 0.633 bits per heavy atom. The van der Waals surface area contributed by atoms with Gasteiger partial charge in [0.05, 0.1) is 31.6 Å². The van der Waals surface area contributed by atoms with Crippen LogP contribution in [0.4, 0.5) is 22.7 Å². The summed E-state index contributed by atoms with van der Waals surface area (Å²) in [6, 6.07) is 8.60. The van der Waals surface area contributed by atoms with Gasteiger partial charge in [0, 0.05) is 41.8 Å². The quantitative estimate of drug-likeness (QED) is 0.360. The van der Waals surface area contributed by atoms with Crippen LogP contribution in [0.5, 0.6) is 0 Å². The van der Waals surface area contributed by atoms with Crippen molar-refractivity contribution in [2.24, 2.45) is 0 Å². The minimum Gasteiger partial charge on any atom is -0.268 e. The largest absolute Gasteiger partial charge is 0.270 e. The molecule has 0 N–H and O–H groups in total. The highest BCUT2D eigenvalue weighted by Gasteiger charge is 2.37. The summed E-state index contributed by atoms with van der Waals surface area (Å²) in [5, 5.41) is 33.5. The highest BCUT2D eigenvalue weighted by atomic mass is 16.6. The van der Waals surface area contributed by atoms with Crippen LogP contribution < -0.4 is 4.90 Å². The molecule has 0 saturated carbocycles. The van der Waals surface area contributed by atoms with Crippen LogP contribution >= 0.6 is 0 Å². The van der Waals surface area contributed by atoms with Crippen LogP contribution in [0.3, 0.4) is 0 Å². The SMILES string of the molecule is O=C1c2cc([N+](=O)[O-])cc3cc([N+](=O)[O-])cc(c23)C(=O)N1c1ccc([N+](=O)[O-])cc1. The Bertz CT molecular complexity index is 1250. The Kier molecular flexibility index (Phi) is 3.98. The first-order valence-electron chi connectivity index (χ1n) is 8.23. The van der Waals surface area contributed by atoms with Crippen molar-refractivity contribution in [3.8, 4) is 0 Å². The lowest BCUT2D eigenvalue weighted by Gasteiger charge is -2.27. The van der Waals surface area contributed by atoms with Crippen molar-refractivity contribution >= 4 is 45.3 Å². The summed E-state index contributed by atoms with van der Waals surface area (Å²) in [6.45, 7) is 0. The third kappa shape index (κ3) is 2.71. The van der Waals surface area contributed by atoms with E-state index in [0.717, 1.165) is 36.4 Å². The smallest absolute Gasteiger partial charge is 0.268 e. The lowest BCUT2D eigenvalue weighted by atomic mass is 9.92. The predicted octanol–water partition coefficient (Wildman–Crippen LogP) is 3.37. The second-order valence-corrected chi connectivity index (χ2v) is 6.32. The molecular weight excluding hydrogens is 400 g/mol. The number of non-ortho nitro benzene ring substituents is 3. The average Bonchev–Trinajstić information content (AvgIpc) is 2.71. The molecule has 3 aromatic rings. The van der Waals surface area contributed by atoms with Gasteiger partial charge in [-0.05, 0) is 17.5 Å². The molecule has 0 saturated heterocycles. The lowest BCUT2D eigenvalue weighted by Crippen LogP contribution is -2.40. The number of nitro benzene ring substituents is 3. The molecule has 12 heteroatoms. The summed E-state index contributed by atoms with van der Waals surface area (Å²) in [4.78, 5) is 58.0. The van der Waals surface area contributed by atoms with E-state index in [1.165, 1.54) is 12.1 Å². The Morgan fingerprint density at radius 3 is 1.47 bits per heavy atom. The number of carbonyl (C=O) groups is 2. The van der Waals surface area contributed by atoms with E-state index in [1.54, 1.807) is 0 Å². The maximum Gasteiger partial charge on any atom is 0.270 e. The summed E-state index contributed by atoms with van der Waals surface area (Å²) >= 11 is 0. The van der Waals surface area contributed by atoms with Crippen molar-refractivity contribution in [2.75, 3.05) is 4.90 Å². The van der Waals surface area contributed by atoms with Gasteiger partial charge in [-0.15, -0.1) is 0 Å². The van der Waals surface area contributed by atoms with Gasteiger partial charge >= 0.3 is 0 Å². The predicted molar refractivity (Wildman–Crippen MR) is 101 cm³/mol. The highest BCUT2D eigenvalue weighted by Crippen LogP contribution is 2.38. The number of benzene rings is 3. The first-order chi connectivity index (χ1) is 14.2. The van der Waals surface area contributed by atoms with E-state index in [-0.39, 0.29) is 33.3 Å². The number of anilines is 1. The summed E-state index contributed by atoms with van der Waals surface area (Å²) < 4.78 is 0. The normalized spacial score (nSPS) is 12.9. The number of rotatable bonds is 4. The molecule has 0 spiro atoms. The zero-order valence-electron chi connectivity index (χ0n) is 14.7. The van der Waals surface area contributed by atoms with Gasteiger partial charge in [-0.2, -0.15) is 0 Å². The number of hydrogen-bond acceptors (Lipinski definition) is 8. The molecule has 1 aliphatic heterocycles. The molecule has 2 amide bonds. The summed E-state index contributed by atoms with van der Waals surface area (Å²) in [6.07, 6.45) is 0. The fourth-order valence-electron chi connectivity index (χ4n) is 3.32. The van der Waals surface area contributed by atoms with Crippen molar-refractivity contribution in [2.45, 2.75) is 0 Å². The van der Waals surface area contributed by atoms with Crippen molar-refractivity contribution < 1.29 is 24.4 Å². The van der Waals surface area contributed by atoms with Gasteiger partial charge in [0.25, 0.3) is 28.9 Å². The molecule has 4 rings (SSSR count). The van der Waals surface area contributed by atoms with E-state index in [9.17, 15) is 39.9 Å². The molecular formula is C18H8N4O8. The van der Waals surface area contributed by atoms with Crippen LogP contribution in [0.15, 0.2) is 48.5 Å². The molecule has 1 heterocycles. The maximum absolute atomic E-state index is 13.0. The number of nitrogens with zero attached hydrogens (tertiary/aromatic N) is 4. The fraction of sp³-hybridized carbons (Fsp3) is 0. The van der Waals surface area contributed by atoms with Crippen molar-refractivity contribution in [1.29, 1.82) is 0 Å². The Labute approximate surface area is 165 Å². The van der Waals surface area contributed by atoms with Crippen LogP contribution in [0.25, 0.3) is 10.8 Å². The van der Waals surface area contributed by atoms with Crippen molar-refractivity contribution in [3.63, 3.8) is 0 Å². The Hall–Kier alpha value is -4.74. The molecule has 0 unspecified atom stereocenters. The third-order valence-corrected chi connectivity index (χ3v) is 4.63. The van der Waals surface area contributed by atoms with Gasteiger partial charge in [-0.1, -0.05) is 0 Å². The van der Waals surface area contributed by atoms with E-state index >= 15 is 0 Å². The third-order valence-electron chi connectivity index (χ3n) is 4.63. The van der Waals surface area contributed by atoms with Crippen molar-refractivity contribution in [1.82, 2.24) is 0 Å². The standard InChI is InChI=1S/C18H8N4O8/c23-17-14-7-12(21(27)28)5-9-6-13(22(29)30)8-15(16(9)14)18(24)19(17)10-1-3-11(4-2-10)20(25)26/h1-8H. The zero-order chi connectivity index (χ0) is 21.7. The minimum atomic E-state index is -0.885. The summed E-state index contributed by atoms with van der Waals surface area (Å²) in [5.41, 5.74) is -1.61. The van der Waals surface area contributed by atoms with Gasteiger partial charge < -0.3 is 0 Å². The fourth-order valence-corrected chi connectivity index (χ4v) is 3.32. The molecule has 0 atom stereocenters. The molecule has 0 fully saturated rings.